The van der Waals surface area contributed by atoms with Crippen LogP contribution in [0.1, 0.15) is 77.2 Å². The van der Waals surface area contributed by atoms with Gasteiger partial charge in [-0.25, -0.2) is 0 Å². The SMILES string of the molecule is C[C@]12CCCC[C@H]1CC[C@H]1[C@H]3C/C(=C\c4ccc(Cl)cc4)C(=O)[C@]3(C)CC[C@@H]12. The van der Waals surface area contributed by atoms with Crippen LogP contribution in [0.15, 0.2) is 29.8 Å². The summed E-state index contributed by atoms with van der Waals surface area (Å²) in [4.78, 5) is 13.5. The Morgan fingerprint density at radius 3 is 2.54 bits per heavy atom. The number of rotatable bonds is 1. The predicted molar refractivity (Wildman–Crippen MR) is 116 cm³/mol. The highest BCUT2D eigenvalue weighted by atomic mass is 35.5. The first-order valence-corrected chi connectivity index (χ1v) is 11.8. The molecule has 0 heterocycles. The molecule has 1 nitrogen and oxygen atoms in total. The summed E-state index contributed by atoms with van der Waals surface area (Å²) in [6.45, 7) is 4.89. The second-order valence-corrected chi connectivity index (χ2v) is 11.0. The summed E-state index contributed by atoms with van der Waals surface area (Å²) in [6.07, 6.45) is 14.0. The molecule has 1 aromatic rings. The normalized spacial score (nSPS) is 44.1. The summed E-state index contributed by atoms with van der Waals surface area (Å²) in [7, 11) is 0. The van der Waals surface area contributed by atoms with Gasteiger partial charge in [0.2, 0.25) is 0 Å². The first-order chi connectivity index (χ1) is 13.4. The Hall–Kier alpha value is -1.08. The second-order valence-electron chi connectivity index (χ2n) is 10.6. The lowest BCUT2D eigenvalue weighted by molar-refractivity contribution is -0.137. The molecule has 2 heteroatoms. The lowest BCUT2D eigenvalue weighted by Crippen LogP contribution is -2.52. The van der Waals surface area contributed by atoms with E-state index in [-0.39, 0.29) is 5.41 Å². The maximum Gasteiger partial charge on any atom is 0.165 e. The number of halogens is 1. The van der Waals surface area contributed by atoms with Gasteiger partial charge in [0.1, 0.15) is 0 Å². The molecule has 28 heavy (non-hydrogen) atoms. The number of fused-ring (bicyclic) bond motifs is 5. The van der Waals surface area contributed by atoms with Crippen molar-refractivity contribution in [2.24, 2.45) is 34.5 Å². The fourth-order valence-electron chi connectivity index (χ4n) is 7.85. The van der Waals surface area contributed by atoms with Crippen molar-refractivity contribution < 1.29 is 4.79 Å². The molecule has 150 valence electrons. The largest absolute Gasteiger partial charge is 0.294 e. The standard InChI is InChI=1S/C26H33ClO/c1-25-13-4-3-5-19(25)8-11-21-22(25)12-14-26(2)23(21)16-18(24(26)28)15-17-6-9-20(27)10-7-17/h6-7,9-10,15,19,21-23H,3-5,8,11-14,16H2,1-2H3/b18-15+/t19-,21+,22-,23+,25-,26+/m0/s1. The van der Waals surface area contributed by atoms with Gasteiger partial charge in [0.15, 0.2) is 5.78 Å². The molecule has 4 aliphatic carbocycles. The zero-order valence-electron chi connectivity index (χ0n) is 17.3. The van der Waals surface area contributed by atoms with Crippen LogP contribution in [0, 0.1) is 34.5 Å². The van der Waals surface area contributed by atoms with E-state index in [0.717, 1.165) is 46.8 Å². The molecule has 0 radical (unpaired) electrons. The number of ketones is 1. The van der Waals surface area contributed by atoms with Crippen molar-refractivity contribution in [2.45, 2.75) is 71.6 Å². The van der Waals surface area contributed by atoms with Crippen LogP contribution in [-0.4, -0.2) is 5.78 Å². The quantitative estimate of drug-likeness (QED) is 0.454. The van der Waals surface area contributed by atoms with Gasteiger partial charge in [-0.05, 0) is 103 Å². The highest BCUT2D eigenvalue weighted by Crippen LogP contribution is 2.66. The highest BCUT2D eigenvalue weighted by Gasteiger charge is 2.60. The number of hydrogen-bond acceptors (Lipinski definition) is 1. The molecule has 0 unspecified atom stereocenters. The number of benzene rings is 1. The number of carbonyl (C=O) groups is 1. The van der Waals surface area contributed by atoms with Gasteiger partial charge < -0.3 is 0 Å². The number of Topliss-reactive ketones (excluding diaryl/α,β-unsaturated/α-hetero) is 1. The average molecular weight is 397 g/mol. The van der Waals surface area contributed by atoms with E-state index in [4.69, 9.17) is 11.6 Å². The minimum Gasteiger partial charge on any atom is -0.294 e. The van der Waals surface area contributed by atoms with Crippen molar-refractivity contribution in [1.82, 2.24) is 0 Å². The lowest BCUT2D eigenvalue weighted by atomic mass is 9.45. The molecule has 0 aromatic heterocycles. The molecule has 0 saturated heterocycles. The summed E-state index contributed by atoms with van der Waals surface area (Å²) in [5.74, 6) is 3.51. The van der Waals surface area contributed by atoms with Crippen LogP contribution in [0.4, 0.5) is 0 Å². The van der Waals surface area contributed by atoms with Crippen LogP contribution in [0.2, 0.25) is 5.02 Å². The molecular formula is C26H33ClO. The average Bonchev–Trinajstić information content (AvgIpc) is 2.94. The van der Waals surface area contributed by atoms with Crippen molar-refractivity contribution in [3.63, 3.8) is 0 Å². The lowest BCUT2D eigenvalue weighted by Gasteiger charge is -2.59. The van der Waals surface area contributed by atoms with Gasteiger partial charge in [-0.1, -0.05) is 50.4 Å². The zero-order valence-corrected chi connectivity index (χ0v) is 18.1. The van der Waals surface area contributed by atoms with E-state index in [2.05, 4.69) is 19.9 Å². The summed E-state index contributed by atoms with van der Waals surface area (Å²) in [5.41, 5.74) is 2.58. The maximum atomic E-state index is 13.5. The van der Waals surface area contributed by atoms with Gasteiger partial charge in [0.05, 0.1) is 0 Å². The third-order valence-corrected chi connectivity index (χ3v) is 9.69. The highest BCUT2D eigenvalue weighted by molar-refractivity contribution is 6.30. The van der Waals surface area contributed by atoms with Crippen molar-refractivity contribution in [3.05, 3.63) is 40.4 Å². The fraction of sp³-hybridized carbons (Fsp3) is 0.654. The monoisotopic (exact) mass is 396 g/mol. The maximum absolute atomic E-state index is 13.5. The third kappa shape index (κ3) is 2.76. The molecular weight excluding hydrogens is 364 g/mol. The molecule has 4 saturated carbocycles. The number of hydrogen-bond donors (Lipinski definition) is 0. The topological polar surface area (TPSA) is 17.1 Å². The van der Waals surface area contributed by atoms with Crippen LogP contribution in [0.3, 0.4) is 0 Å². The van der Waals surface area contributed by atoms with Crippen molar-refractivity contribution in [2.75, 3.05) is 0 Å². The van der Waals surface area contributed by atoms with Gasteiger partial charge in [-0.3, -0.25) is 4.79 Å². The summed E-state index contributed by atoms with van der Waals surface area (Å²) in [5, 5.41) is 0.751. The third-order valence-electron chi connectivity index (χ3n) is 9.43. The van der Waals surface area contributed by atoms with Gasteiger partial charge in [-0.2, -0.15) is 0 Å². The Morgan fingerprint density at radius 1 is 0.964 bits per heavy atom. The minimum atomic E-state index is -0.128. The molecule has 6 atom stereocenters. The molecule has 0 aliphatic heterocycles. The Balaban J connectivity index is 1.45. The van der Waals surface area contributed by atoms with E-state index < -0.39 is 0 Å². The molecule has 5 rings (SSSR count). The molecule has 4 aliphatic rings. The van der Waals surface area contributed by atoms with E-state index in [1.165, 1.54) is 44.9 Å². The van der Waals surface area contributed by atoms with Gasteiger partial charge in [0, 0.05) is 10.4 Å². The van der Waals surface area contributed by atoms with Crippen molar-refractivity contribution >= 4 is 23.5 Å². The van der Waals surface area contributed by atoms with E-state index in [1.54, 1.807) is 0 Å². The Kier molecular flexibility index (Phi) is 4.54. The van der Waals surface area contributed by atoms with E-state index >= 15 is 0 Å². The molecule has 0 amide bonds. The smallest absolute Gasteiger partial charge is 0.165 e. The first-order valence-electron chi connectivity index (χ1n) is 11.4. The van der Waals surface area contributed by atoms with E-state index in [9.17, 15) is 4.79 Å². The second kappa shape index (κ2) is 6.73. The molecule has 4 fully saturated rings. The Bertz CT molecular complexity index is 808. The summed E-state index contributed by atoms with van der Waals surface area (Å²) >= 11 is 6.04. The van der Waals surface area contributed by atoms with Gasteiger partial charge >= 0.3 is 0 Å². The van der Waals surface area contributed by atoms with Crippen LogP contribution in [0.5, 0.6) is 0 Å². The van der Waals surface area contributed by atoms with Crippen molar-refractivity contribution in [3.8, 4) is 0 Å². The Morgan fingerprint density at radius 2 is 1.75 bits per heavy atom. The molecule has 0 N–H and O–H groups in total. The molecule has 0 bridgehead atoms. The van der Waals surface area contributed by atoms with E-state index in [1.807, 2.05) is 24.3 Å². The van der Waals surface area contributed by atoms with Gasteiger partial charge in [-0.15, -0.1) is 0 Å². The van der Waals surface area contributed by atoms with Gasteiger partial charge in [0.25, 0.3) is 0 Å². The van der Waals surface area contributed by atoms with Crippen LogP contribution >= 0.6 is 11.6 Å². The van der Waals surface area contributed by atoms with Crippen LogP contribution in [-0.2, 0) is 4.79 Å². The van der Waals surface area contributed by atoms with Crippen molar-refractivity contribution in [1.29, 1.82) is 0 Å². The van der Waals surface area contributed by atoms with E-state index in [0.29, 0.717) is 17.1 Å². The van der Waals surface area contributed by atoms with Crippen LogP contribution < -0.4 is 0 Å². The van der Waals surface area contributed by atoms with Crippen LogP contribution in [0.25, 0.3) is 6.08 Å². The molecule has 0 spiro atoms. The summed E-state index contributed by atoms with van der Waals surface area (Å²) < 4.78 is 0. The Labute approximate surface area is 174 Å². The predicted octanol–water partition coefficient (Wildman–Crippen LogP) is 7.34. The fourth-order valence-corrected chi connectivity index (χ4v) is 7.98. The number of allylic oxidation sites excluding steroid dienone is 1. The molecule has 1 aromatic carbocycles. The zero-order chi connectivity index (χ0) is 19.5. The minimum absolute atomic E-state index is 0.128. The number of carbonyl (C=O) groups excluding carboxylic acids is 1. The first kappa shape index (κ1) is 18.9. The summed E-state index contributed by atoms with van der Waals surface area (Å²) in [6, 6.07) is 7.90.